The molecule has 0 aliphatic heterocycles. The van der Waals surface area contributed by atoms with Gasteiger partial charge in [0.25, 0.3) is 0 Å². The molecule has 0 saturated heterocycles. The molecule has 154 valence electrons. The topological polar surface area (TPSA) is 13.0 Å². The van der Waals surface area contributed by atoms with Crippen LogP contribution in [0.1, 0.15) is 0 Å². The molecule has 25 heavy (non-hydrogen) atoms. The fraction of sp³-hybridized carbons (Fsp3) is 1.00. The summed E-state index contributed by atoms with van der Waals surface area (Å²) in [7, 11) is 3.55. The van der Waals surface area contributed by atoms with E-state index in [1.54, 1.807) is 0 Å². The maximum atomic E-state index is 3.21. The van der Waals surface area contributed by atoms with E-state index in [4.69, 9.17) is 0 Å². The molecule has 0 fully saturated rings. The predicted octanol–water partition coefficient (Wildman–Crippen LogP) is 4.87. The fourth-order valence-electron chi connectivity index (χ4n) is 4.54. The van der Waals surface area contributed by atoms with E-state index in [1.165, 1.54) is 0 Å². The van der Waals surface area contributed by atoms with Crippen LogP contribution in [0.5, 0.6) is 0 Å². The Kier molecular flexibility index (Phi) is 8.47. The zero-order chi connectivity index (χ0) is 20.8. The van der Waals surface area contributed by atoms with Crippen LogP contribution in [0.4, 0.5) is 0 Å². The van der Waals surface area contributed by atoms with Gasteiger partial charge in [0.15, 0.2) is 0 Å². The quantitative estimate of drug-likeness (QED) is 0.373. The molecule has 9 heteroatoms. The molecule has 0 aliphatic rings. The van der Waals surface area contributed by atoms with Gasteiger partial charge in [0.05, 0.1) is 0 Å². The first-order valence-corrected chi connectivity index (χ1v) is 28.4. The van der Waals surface area contributed by atoms with Crippen molar-refractivity contribution in [1.82, 2.24) is 12.5 Å². The number of nitrogens with zero attached hydrogens (tertiary/aromatic N) is 4. The van der Waals surface area contributed by atoms with Crippen molar-refractivity contribution in [2.75, 3.05) is 28.2 Å². The van der Waals surface area contributed by atoms with Gasteiger partial charge in [-0.3, -0.25) is 0 Å². The molecule has 0 saturated carbocycles. The summed E-state index contributed by atoms with van der Waals surface area (Å²) in [6.07, 6.45) is 0. The van der Waals surface area contributed by atoms with E-state index in [0.717, 1.165) is 0 Å². The fourth-order valence-corrected chi connectivity index (χ4v) is 78.9. The minimum absolute atomic E-state index is 1.50. The second-order valence-corrected chi connectivity index (χ2v) is 47.9. The molecule has 0 heterocycles. The first-order chi connectivity index (χ1) is 10.6. The zero-order valence-corrected chi connectivity index (χ0v) is 27.1. The summed E-state index contributed by atoms with van der Waals surface area (Å²) in [5, 5.41) is 0. The van der Waals surface area contributed by atoms with Crippen LogP contribution in [0.25, 0.3) is 0 Å². The van der Waals surface area contributed by atoms with Gasteiger partial charge in [-0.25, -0.2) is 0 Å². The maximum absolute atomic E-state index is 3.21. The Morgan fingerprint density at radius 3 is 0.640 bits per heavy atom. The summed E-state index contributed by atoms with van der Waals surface area (Å²) in [6.45, 7) is 31.0. The number of hydrogen-bond donors (Lipinski definition) is 0. The zero-order valence-electron chi connectivity index (χ0n) is 20.2. The summed E-state index contributed by atoms with van der Waals surface area (Å²) in [5.41, 5.74) is 0. The van der Waals surface area contributed by atoms with Gasteiger partial charge >= 0.3 is 169 Å². The third kappa shape index (κ3) is 5.70. The van der Waals surface area contributed by atoms with Crippen molar-refractivity contribution in [3.05, 3.63) is 0 Å². The van der Waals surface area contributed by atoms with Crippen LogP contribution >= 0.6 is 0 Å². The summed E-state index contributed by atoms with van der Waals surface area (Å²) in [5.74, 6) is 0. The minimum atomic E-state index is -3.18. The average Bonchev–Trinajstić information content (AvgIpc) is 2.18. The molecular weight excluding hydrogens is 544 g/mol. The summed E-state index contributed by atoms with van der Waals surface area (Å²) >= 11 is -3.18. The van der Waals surface area contributed by atoms with Gasteiger partial charge in [-0.2, -0.15) is 0 Å². The van der Waals surface area contributed by atoms with Crippen LogP contribution in [0, 0.1) is 0 Å². The summed E-state index contributed by atoms with van der Waals surface area (Å²) < 4.78 is 11.9. The van der Waals surface area contributed by atoms with Crippen molar-refractivity contribution in [2.45, 2.75) is 78.6 Å². The molecule has 4 nitrogen and oxygen atoms in total. The molecule has 0 aliphatic carbocycles. The van der Waals surface area contributed by atoms with Gasteiger partial charge in [-0.15, -0.1) is 0 Å². The van der Waals surface area contributed by atoms with E-state index < -0.39 is 50.0 Å². The van der Waals surface area contributed by atoms with Gasteiger partial charge in [-0.1, -0.05) is 0 Å². The van der Waals surface area contributed by atoms with E-state index in [2.05, 4.69) is 119 Å². The van der Waals surface area contributed by atoms with Crippen molar-refractivity contribution < 1.29 is 17.1 Å². The van der Waals surface area contributed by atoms with Crippen LogP contribution in [-0.2, 0) is 17.1 Å². The Labute approximate surface area is 168 Å². The Balaban J connectivity index is 7.19. The van der Waals surface area contributed by atoms with Gasteiger partial charge in [0.1, 0.15) is 0 Å². The number of rotatable bonds is 8. The van der Waals surface area contributed by atoms with Crippen molar-refractivity contribution >= 4 is 32.9 Å². The van der Waals surface area contributed by atoms with E-state index >= 15 is 0 Å². The Morgan fingerprint density at radius 1 is 0.400 bits per heavy atom. The molecule has 0 radical (unpaired) electrons. The Bertz CT molecular complexity index is 375. The molecule has 0 aromatic carbocycles. The Morgan fingerprint density at radius 2 is 0.560 bits per heavy atom. The molecule has 0 bridgehead atoms. The van der Waals surface area contributed by atoms with Crippen molar-refractivity contribution in [3.8, 4) is 0 Å². The van der Waals surface area contributed by atoms with E-state index in [9.17, 15) is 0 Å². The molecule has 0 atom stereocenters. The molecule has 0 rings (SSSR count). The van der Waals surface area contributed by atoms with E-state index in [-0.39, 0.29) is 0 Å². The normalized spacial score (nSPS) is 16.5. The van der Waals surface area contributed by atoms with Crippen molar-refractivity contribution in [1.29, 1.82) is 0 Å². The summed E-state index contributed by atoms with van der Waals surface area (Å²) in [4.78, 5) is 0. The van der Waals surface area contributed by atoms with Crippen LogP contribution < -0.4 is 0 Å². The van der Waals surface area contributed by atoms with Crippen LogP contribution in [0.2, 0.25) is 78.6 Å². The number of hydrogen-bond acceptors (Lipinski definition) is 4. The summed E-state index contributed by atoms with van der Waals surface area (Å²) in [6, 6.07) is 0. The molecule has 0 N–H and O–H groups in total. The standard InChI is InChI=1S/2C6H18NSi2.2C2H6N.W/c2*1-8(2,3)7-9(4,5)6;2*1-3-2;/h2*1-6H3;2*1-2H3;/q4*-1;+4. The molecule has 0 aromatic rings. The van der Waals surface area contributed by atoms with Gasteiger partial charge < -0.3 is 0 Å². The monoisotopic (exact) mass is 592 g/mol. The van der Waals surface area contributed by atoms with Crippen LogP contribution in [0.15, 0.2) is 0 Å². The van der Waals surface area contributed by atoms with Crippen molar-refractivity contribution in [2.24, 2.45) is 0 Å². The van der Waals surface area contributed by atoms with Crippen molar-refractivity contribution in [3.63, 3.8) is 0 Å². The second kappa shape index (κ2) is 8.03. The van der Waals surface area contributed by atoms with E-state index in [1.807, 2.05) is 0 Å². The molecule has 0 amide bonds. The van der Waals surface area contributed by atoms with Gasteiger partial charge in [0, 0.05) is 0 Å². The first kappa shape index (κ1) is 26.4. The van der Waals surface area contributed by atoms with Crippen LogP contribution in [-0.4, -0.2) is 73.6 Å². The predicted molar refractivity (Wildman–Crippen MR) is 124 cm³/mol. The van der Waals surface area contributed by atoms with Crippen LogP contribution in [0.3, 0.4) is 0 Å². The molecule has 0 aromatic heterocycles. The third-order valence-corrected chi connectivity index (χ3v) is 59.0. The SMILES string of the molecule is C[N](C)[W]([N](C)C)([N]([Si](C)(C)C)[Si](C)(C)C)[N]([Si](C)(C)C)[Si](C)(C)C. The molecular formula is C16H48N4Si4W. The third-order valence-electron chi connectivity index (χ3n) is 3.91. The first-order valence-electron chi connectivity index (χ1n) is 9.41. The van der Waals surface area contributed by atoms with Gasteiger partial charge in [0.2, 0.25) is 0 Å². The molecule has 0 spiro atoms. The van der Waals surface area contributed by atoms with E-state index in [0.29, 0.717) is 0 Å². The second-order valence-electron chi connectivity index (χ2n) is 11.4. The Hall–Kier alpha value is 1.40. The molecule has 0 unspecified atom stereocenters. The van der Waals surface area contributed by atoms with Gasteiger partial charge in [-0.05, 0) is 0 Å². The average molecular weight is 593 g/mol.